The largest absolute Gasteiger partial charge is 0.508 e. The quantitative estimate of drug-likeness (QED) is 0.434. The summed E-state index contributed by atoms with van der Waals surface area (Å²) in [5.41, 5.74) is 2.24. The second kappa shape index (κ2) is 8.70. The number of hydrogen-bond acceptors (Lipinski definition) is 7. The van der Waals surface area contributed by atoms with Gasteiger partial charge in [0.2, 0.25) is 0 Å². The number of carbonyl (C=O) groups excluding carboxylic acids is 1. The summed E-state index contributed by atoms with van der Waals surface area (Å²) in [6.07, 6.45) is 0. The molecule has 0 radical (unpaired) electrons. The van der Waals surface area contributed by atoms with Crippen LogP contribution in [0.1, 0.15) is 0 Å². The number of amidine groups is 1. The monoisotopic (exact) mass is 495 g/mol. The van der Waals surface area contributed by atoms with E-state index in [0.29, 0.717) is 26.5 Å². The van der Waals surface area contributed by atoms with Crippen LogP contribution >= 0.6 is 35.1 Å². The molecule has 33 heavy (non-hydrogen) atoms. The number of hydrogen-bond donors (Lipinski definition) is 1. The third-order valence-electron chi connectivity index (χ3n) is 5.16. The molecule has 1 amide bonds. The summed E-state index contributed by atoms with van der Waals surface area (Å²) >= 11 is 9.00. The number of carbonyl (C=O) groups is 1. The third-order valence-corrected chi connectivity index (χ3v) is 7.79. The number of halogens is 1. The second-order valence-electron chi connectivity index (χ2n) is 7.26. The number of anilines is 2. The fourth-order valence-electron chi connectivity index (χ4n) is 3.52. The number of aliphatic imine (C=N–C) groups is 1. The Kier molecular flexibility index (Phi) is 5.74. The van der Waals surface area contributed by atoms with Gasteiger partial charge in [-0.25, -0.2) is 4.99 Å². The maximum absolute atomic E-state index is 13.7. The molecular weight excluding hydrogens is 478 g/mol. The van der Waals surface area contributed by atoms with Crippen molar-refractivity contribution in [2.45, 2.75) is 4.90 Å². The highest BCUT2D eigenvalue weighted by atomic mass is 35.5. The smallest absolute Gasteiger partial charge is 0.274 e. The summed E-state index contributed by atoms with van der Waals surface area (Å²) in [6.45, 7) is 0. The molecule has 6 nitrogen and oxygen atoms in total. The van der Waals surface area contributed by atoms with Gasteiger partial charge in [0, 0.05) is 23.0 Å². The van der Waals surface area contributed by atoms with Gasteiger partial charge in [-0.15, -0.1) is 0 Å². The molecule has 2 aliphatic heterocycles. The molecule has 5 rings (SSSR count). The molecule has 1 saturated heterocycles. The minimum atomic E-state index is -0.180. The van der Waals surface area contributed by atoms with Crippen LogP contribution in [0.2, 0.25) is 5.02 Å². The number of phenolic OH excluding ortho intramolecular Hbond substituents is 1. The summed E-state index contributed by atoms with van der Waals surface area (Å²) < 4.78 is 5.36. The van der Waals surface area contributed by atoms with Crippen LogP contribution in [0, 0.1) is 0 Å². The summed E-state index contributed by atoms with van der Waals surface area (Å²) in [6, 6.07) is 19.5. The molecule has 0 aliphatic carbocycles. The van der Waals surface area contributed by atoms with Crippen LogP contribution in [0.25, 0.3) is 0 Å². The molecule has 0 atom stereocenters. The molecule has 3 aromatic rings. The predicted molar refractivity (Wildman–Crippen MR) is 136 cm³/mol. The minimum absolute atomic E-state index is 0.125. The van der Waals surface area contributed by atoms with Gasteiger partial charge in [0.1, 0.15) is 16.4 Å². The summed E-state index contributed by atoms with van der Waals surface area (Å²) in [4.78, 5) is 23.6. The van der Waals surface area contributed by atoms with Crippen LogP contribution < -0.4 is 14.5 Å². The van der Waals surface area contributed by atoms with E-state index in [0.717, 1.165) is 21.4 Å². The molecule has 0 bridgehead atoms. The van der Waals surface area contributed by atoms with Crippen molar-refractivity contribution in [3.63, 3.8) is 0 Å². The van der Waals surface area contributed by atoms with Gasteiger partial charge in [-0.2, -0.15) is 0 Å². The number of ether oxygens (including phenoxy) is 1. The Balaban J connectivity index is 1.60. The van der Waals surface area contributed by atoms with E-state index in [9.17, 15) is 9.90 Å². The van der Waals surface area contributed by atoms with Gasteiger partial charge in [-0.3, -0.25) is 9.69 Å². The molecule has 0 saturated carbocycles. The first-order valence-corrected chi connectivity index (χ1v) is 11.9. The number of phenols is 1. The molecule has 3 aromatic carbocycles. The summed E-state index contributed by atoms with van der Waals surface area (Å²) in [5, 5.41) is 11.6. The van der Waals surface area contributed by atoms with E-state index < -0.39 is 0 Å². The Morgan fingerprint density at radius 1 is 1.03 bits per heavy atom. The van der Waals surface area contributed by atoms with Crippen LogP contribution in [0.4, 0.5) is 17.1 Å². The van der Waals surface area contributed by atoms with E-state index >= 15 is 0 Å². The zero-order valence-electron chi connectivity index (χ0n) is 17.7. The summed E-state index contributed by atoms with van der Waals surface area (Å²) in [5.74, 6) is 0.702. The average molecular weight is 496 g/mol. The Bertz CT molecular complexity index is 1320. The molecule has 0 aromatic heterocycles. The van der Waals surface area contributed by atoms with Crippen molar-refractivity contribution < 1.29 is 14.6 Å². The number of rotatable bonds is 3. The second-order valence-corrected chi connectivity index (χ2v) is 9.71. The van der Waals surface area contributed by atoms with E-state index in [4.69, 9.17) is 21.3 Å². The highest BCUT2D eigenvalue weighted by Gasteiger charge is 2.40. The highest BCUT2D eigenvalue weighted by molar-refractivity contribution is 8.20. The van der Waals surface area contributed by atoms with Crippen LogP contribution in [-0.4, -0.2) is 30.3 Å². The molecule has 1 N–H and O–H groups in total. The molecule has 2 heterocycles. The Labute approximate surface area is 204 Å². The van der Waals surface area contributed by atoms with Gasteiger partial charge in [-0.1, -0.05) is 29.4 Å². The first kappa shape index (κ1) is 21.8. The fourth-order valence-corrected chi connectivity index (χ4v) is 6.03. The van der Waals surface area contributed by atoms with Crippen molar-refractivity contribution in [2.75, 3.05) is 24.0 Å². The van der Waals surface area contributed by atoms with Crippen LogP contribution in [0.3, 0.4) is 0 Å². The molecule has 0 spiro atoms. The number of methoxy groups -OCH3 is 1. The van der Waals surface area contributed by atoms with Crippen molar-refractivity contribution in [1.29, 1.82) is 0 Å². The topological polar surface area (TPSA) is 65.4 Å². The van der Waals surface area contributed by atoms with E-state index in [2.05, 4.69) is 0 Å². The number of fused-ring (bicyclic) bond motifs is 1. The van der Waals surface area contributed by atoms with Crippen molar-refractivity contribution in [2.24, 2.45) is 4.99 Å². The standard InChI is InChI=1S/C24H18ClN3O3S2/c1-27-19-13-18(31-2)10-11-20(19)32-23(27)21-22(30)28(16-6-8-17(29)9-7-16)24(33-21)26-15-5-3-4-14(25)12-15/h3-13,29H,1-2H3. The van der Waals surface area contributed by atoms with Gasteiger partial charge in [0.25, 0.3) is 5.91 Å². The third kappa shape index (κ3) is 4.06. The number of amides is 1. The molecule has 0 unspecified atom stereocenters. The summed E-state index contributed by atoms with van der Waals surface area (Å²) in [7, 11) is 3.57. The Hall–Kier alpha value is -3.07. The maximum Gasteiger partial charge on any atom is 0.274 e. The zero-order chi connectivity index (χ0) is 23.1. The molecular formula is C24H18ClN3O3S2. The highest BCUT2D eigenvalue weighted by Crippen LogP contribution is 2.51. The first-order valence-electron chi connectivity index (χ1n) is 9.94. The van der Waals surface area contributed by atoms with Crippen LogP contribution in [0.15, 0.2) is 86.6 Å². The van der Waals surface area contributed by atoms with Gasteiger partial charge in [0.15, 0.2) is 5.17 Å². The fraction of sp³-hybridized carbons (Fsp3) is 0.0833. The molecule has 1 fully saturated rings. The first-order chi connectivity index (χ1) is 15.9. The lowest BCUT2D eigenvalue weighted by molar-refractivity contribution is -0.113. The predicted octanol–water partition coefficient (Wildman–Crippen LogP) is 6.23. The van der Waals surface area contributed by atoms with Gasteiger partial charge in [0.05, 0.1) is 29.2 Å². The van der Waals surface area contributed by atoms with E-state index in [-0.39, 0.29) is 11.7 Å². The van der Waals surface area contributed by atoms with Crippen molar-refractivity contribution in [3.05, 3.63) is 81.7 Å². The molecule has 9 heteroatoms. The lowest BCUT2D eigenvalue weighted by atomic mass is 10.2. The van der Waals surface area contributed by atoms with Crippen LogP contribution in [-0.2, 0) is 4.79 Å². The number of aromatic hydroxyl groups is 1. The van der Waals surface area contributed by atoms with Crippen molar-refractivity contribution in [3.8, 4) is 11.5 Å². The van der Waals surface area contributed by atoms with Gasteiger partial charge in [-0.05, 0) is 66.4 Å². The lowest BCUT2D eigenvalue weighted by Gasteiger charge is -2.17. The van der Waals surface area contributed by atoms with Gasteiger partial charge < -0.3 is 14.7 Å². The van der Waals surface area contributed by atoms with E-state index in [1.54, 1.807) is 60.2 Å². The average Bonchev–Trinajstić information content (AvgIpc) is 3.30. The Morgan fingerprint density at radius 2 is 1.82 bits per heavy atom. The maximum atomic E-state index is 13.7. The molecule has 166 valence electrons. The minimum Gasteiger partial charge on any atom is -0.508 e. The number of nitrogens with zero attached hydrogens (tertiary/aromatic N) is 3. The molecule has 2 aliphatic rings. The normalized spacial score (nSPS) is 18.9. The van der Waals surface area contributed by atoms with Crippen molar-refractivity contribution >= 4 is 63.3 Å². The van der Waals surface area contributed by atoms with E-state index in [1.807, 2.05) is 42.3 Å². The SMILES string of the molecule is COc1ccc2c(c1)N(C)C(=C1SC(=Nc3cccc(Cl)c3)N(c3ccc(O)cc3)C1=O)S2. The van der Waals surface area contributed by atoms with Gasteiger partial charge >= 0.3 is 0 Å². The zero-order valence-corrected chi connectivity index (χ0v) is 20.0. The lowest BCUT2D eigenvalue weighted by Crippen LogP contribution is -2.29. The Morgan fingerprint density at radius 3 is 2.55 bits per heavy atom. The van der Waals surface area contributed by atoms with E-state index in [1.165, 1.54) is 11.8 Å². The van der Waals surface area contributed by atoms with Crippen molar-refractivity contribution in [1.82, 2.24) is 0 Å². The number of thioether (sulfide) groups is 2. The number of benzene rings is 3. The van der Waals surface area contributed by atoms with Crippen LogP contribution in [0.5, 0.6) is 11.5 Å².